The molecule has 3 fully saturated rings. The van der Waals surface area contributed by atoms with Crippen LogP contribution in [0.15, 0.2) is 36.4 Å². The van der Waals surface area contributed by atoms with Gasteiger partial charge in [0.15, 0.2) is 0 Å². The molecule has 4 heterocycles. The zero-order chi connectivity index (χ0) is 32.4. The average Bonchev–Trinajstić information content (AvgIpc) is 3.24. The lowest BCUT2D eigenvalue weighted by Crippen LogP contribution is -2.59. The van der Waals surface area contributed by atoms with E-state index in [9.17, 15) is 19.5 Å². The van der Waals surface area contributed by atoms with Crippen LogP contribution in [0.25, 0.3) is 0 Å². The average molecular weight is 672 g/mol. The molecule has 3 atom stereocenters. The van der Waals surface area contributed by atoms with Crippen LogP contribution in [-0.4, -0.2) is 113 Å². The van der Waals surface area contributed by atoms with Crippen molar-refractivity contribution in [2.45, 2.75) is 63.6 Å². The highest BCUT2D eigenvalue weighted by atomic mass is 35.5. The molecule has 0 aromatic heterocycles. The van der Waals surface area contributed by atoms with E-state index < -0.39 is 18.1 Å². The molecule has 4 aliphatic rings. The topological polar surface area (TPSA) is 108 Å². The largest absolute Gasteiger partial charge is 0.465 e. The lowest BCUT2D eigenvalue weighted by atomic mass is 9.82. The third-order valence-electron chi connectivity index (χ3n) is 10.5. The van der Waals surface area contributed by atoms with E-state index in [1.807, 2.05) is 53.1 Å². The van der Waals surface area contributed by atoms with E-state index >= 15 is 0 Å². The van der Waals surface area contributed by atoms with Crippen molar-refractivity contribution in [3.8, 4) is 0 Å². The van der Waals surface area contributed by atoms with Crippen LogP contribution in [0.2, 0.25) is 10.0 Å². The van der Waals surface area contributed by atoms with Crippen LogP contribution in [-0.2, 0) is 17.6 Å². The number of rotatable bonds is 6. The van der Waals surface area contributed by atoms with E-state index in [2.05, 4.69) is 15.5 Å². The number of anilines is 1. The van der Waals surface area contributed by atoms with Crippen LogP contribution < -0.4 is 10.6 Å². The fourth-order valence-corrected chi connectivity index (χ4v) is 8.34. The number of piperazine rings is 1. The molecule has 6 rings (SSSR count). The van der Waals surface area contributed by atoms with Crippen molar-refractivity contribution >= 4 is 46.9 Å². The van der Waals surface area contributed by atoms with Crippen molar-refractivity contribution in [2.24, 2.45) is 5.92 Å². The summed E-state index contributed by atoms with van der Waals surface area (Å²) >= 11 is 13.1. The number of para-hydroxylation sites is 1. The number of fused-ring (bicyclic) bond motifs is 1. The third kappa shape index (κ3) is 7.10. The van der Waals surface area contributed by atoms with Crippen molar-refractivity contribution in [1.82, 2.24) is 24.9 Å². The molecule has 2 aromatic carbocycles. The maximum absolute atomic E-state index is 14.6. The Hall–Kier alpha value is -3.05. The number of nitrogens with zero attached hydrogens (tertiary/aromatic N) is 4. The van der Waals surface area contributed by atoms with Crippen LogP contribution in [0.4, 0.5) is 15.3 Å². The summed E-state index contributed by atoms with van der Waals surface area (Å²) in [5.74, 6) is -0.701. The van der Waals surface area contributed by atoms with Crippen LogP contribution in [0, 0.1) is 12.8 Å². The first-order valence-corrected chi connectivity index (χ1v) is 17.3. The van der Waals surface area contributed by atoms with Gasteiger partial charge < -0.3 is 30.4 Å². The van der Waals surface area contributed by atoms with Crippen LogP contribution in [0.3, 0.4) is 0 Å². The van der Waals surface area contributed by atoms with Gasteiger partial charge in [-0.15, -0.1) is 0 Å². The zero-order valence-electron chi connectivity index (χ0n) is 26.4. The van der Waals surface area contributed by atoms with Gasteiger partial charge in [0.2, 0.25) is 5.91 Å². The molecule has 2 unspecified atom stereocenters. The maximum atomic E-state index is 14.6. The fourth-order valence-electron chi connectivity index (χ4n) is 7.81. The molecule has 10 nitrogen and oxygen atoms in total. The Labute approximate surface area is 281 Å². The number of piperidine rings is 2. The maximum Gasteiger partial charge on any atom is 0.407 e. The quantitative estimate of drug-likeness (QED) is 0.401. The fraction of sp³-hybridized carbons (Fsp3) is 0.559. The number of carbonyl (C=O) groups excluding carboxylic acids is 2. The van der Waals surface area contributed by atoms with Gasteiger partial charge in [-0.05, 0) is 80.3 Å². The van der Waals surface area contributed by atoms with Crippen LogP contribution in [0.1, 0.15) is 42.4 Å². The van der Waals surface area contributed by atoms with Gasteiger partial charge in [0, 0.05) is 86.2 Å². The van der Waals surface area contributed by atoms with E-state index in [1.54, 1.807) is 0 Å². The summed E-state index contributed by atoms with van der Waals surface area (Å²) in [6.07, 6.45) is 2.61. The molecule has 12 heteroatoms. The summed E-state index contributed by atoms with van der Waals surface area (Å²) in [6.45, 7) is 7.88. The number of carboxylic acid groups (broad SMARTS) is 1. The van der Waals surface area contributed by atoms with Gasteiger partial charge in [-0.2, -0.15) is 0 Å². The molecular weight excluding hydrogens is 627 g/mol. The minimum absolute atomic E-state index is 0.0452. The van der Waals surface area contributed by atoms with Gasteiger partial charge in [-0.25, -0.2) is 9.59 Å². The molecule has 3 N–H and O–H groups in total. The summed E-state index contributed by atoms with van der Waals surface area (Å²) in [5, 5.41) is 17.9. The SMILES string of the molecule is Cc1c(Cl)cc(CC(C(=O)N2CCC(N3CCNCC3)CC2)[C@H]2CC(N3CCc4ccccc4NC3=O)CCN2C(=O)O)cc1Cl. The Morgan fingerprint density at radius 2 is 1.63 bits per heavy atom. The van der Waals surface area contributed by atoms with Gasteiger partial charge >= 0.3 is 12.1 Å². The molecular formula is C34H44Cl2N6O4. The summed E-state index contributed by atoms with van der Waals surface area (Å²) in [6, 6.07) is 10.9. The monoisotopic (exact) mass is 670 g/mol. The zero-order valence-corrected chi connectivity index (χ0v) is 27.9. The lowest BCUT2D eigenvalue weighted by Gasteiger charge is -2.46. The molecule has 3 saturated heterocycles. The number of benzene rings is 2. The summed E-state index contributed by atoms with van der Waals surface area (Å²) in [4.78, 5) is 48.5. The van der Waals surface area contributed by atoms with E-state index in [4.69, 9.17) is 23.2 Å². The second-order valence-corrected chi connectivity index (χ2v) is 13.9. The molecule has 248 valence electrons. The molecule has 0 saturated carbocycles. The normalized spacial score (nSPS) is 23.8. The Morgan fingerprint density at radius 3 is 2.33 bits per heavy atom. The highest BCUT2D eigenvalue weighted by Gasteiger charge is 2.44. The molecule has 4 aliphatic heterocycles. The Morgan fingerprint density at radius 1 is 0.957 bits per heavy atom. The first-order valence-electron chi connectivity index (χ1n) is 16.5. The molecule has 46 heavy (non-hydrogen) atoms. The number of amides is 4. The van der Waals surface area contributed by atoms with Gasteiger partial charge in [-0.1, -0.05) is 41.4 Å². The standard InChI is InChI=1S/C34H44Cl2N6O4/c1-22-28(35)19-23(20-29(22)36)18-27(32(43)40-12-7-25(8-13-40)39-16-10-37-11-17-39)31-21-26(9-15-42(31)34(45)46)41-14-6-24-4-2-3-5-30(24)38-33(41)44/h2-5,19-20,25-27,31,37H,6-18,21H2,1H3,(H,38,44)(H,45,46)/t26?,27?,31-/m1/s1. The summed E-state index contributed by atoms with van der Waals surface area (Å²) in [5.41, 5.74) is 3.44. The van der Waals surface area contributed by atoms with Gasteiger partial charge in [0.25, 0.3) is 0 Å². The minimum atomic E-state index is -1.05. The lowest BCUT2D eigenvalue weighted by molar-refractivity contribution is -0.140. The van der Waals surface area contributed by atoms with E-state index in [0.717, 1.165) is 61.4 Å². The van der Waals surface area contributed by atoms with E-state index in [-0.39, 0.29) is 24.5 Å². The number of hydrogen-bond acceptors (Lipinski definition) is 5. The van der Waals surface area contributed by atoms with E-state index in [0.29, 0.717) is 61.4 Å². The summed E-state index contributed by atoms with van der Waals surface area (Å²) < 4.78 is 0. The Kier molecular flexibility index (Phi) is 10.3. The highest BCUT2D eigenvalue weighted by molar-refractivity contribution is 6.36. The number of urea groups is 1. The number of likely N-dealkylation sites (tertiary alicyclic amines) is 2. The van der Waals surface area contributed by atoms with Gasteiger partial charge in [-0.3, -0.25) is 9.69 Å². The van der Waals surface area contributed by atoms with Gasteiger partial charge in [0.05, 0.1) is 5.92 Å². The van der Waals surface area contributed by atoms with Crippen molar-refractivity contribution < 1.29 is 19.5 Å². The molecule has 2 aromatic rings. The highest BCUT2D eigenvalue weighted by Crippen LogP contribution is 2.34. The molecule has 0 aliphatic carbocycles. The van der Waals surface area contributed by atoms with Crippen molar-refractivity contribution in [3.05, 3.63) is 63.1 Å². The molecule has 0 bridgehead atoms. The second-order valence-electron chi connectivity index (χ2n) is 13.1. The van der Waals surface area contributed by atoms with Gasteiger partial charge in [0.1, 0.15) is 0 Å². The summed E-state index contributed by atoms with van der Waals surface area (Å²) in [7, 11) is 0. The van der Waals surface area contributed by atoms with Crippen molar-refractivity contribution in [1.29, 1.82) is 0 Å². The predicted molar refractivity (Wildman–Crippen MR) is 180 cm³/mol. The van der Waals surface area contributed by atoms with Crippen LogP contribution >= 0.6 is 23.2 Å². The Bertz CT molecular complexity index is 1420. The van der Waals surface area contributed by atoms with Crippen molar-refractivity contribution in [2.75, 3.05) is 57.7 Å². The predicted octanol–water partition coefficient (Wildman–Crippen LogP) is 4.96. The van der Waals surface area contributed by atoms with E-state index in [1.165, 1.54) is 4.90 Å². The number of carbonyl (C=O) groups is 3. The molecule has 0 spiro atoms. The number of hydrogen-bond donors (Lipinski definition) is 3. The van der Waals surface area contributed by atoms with Crippen LogP contribution in [0.5, 0.6) is 0 Å². The second kappa shape index (κ2) is 14.4. The molecule has 0 radical (unpaired) electrons. The third-order valence-corrected chi connectivity index (χ3v) is 11.3. The molecule has 4 amide bonds. The van der Waals surface area contributed by atoms with Crippen molar-refractivity contribution in [3.63, 3.8) is 0 Å². The number of nitrogens with one attached hydrogen (secondary N) is 2. The number of halogens is 2. The Balaban J connectivity index is 1.26. The smallest absolute Gasteiger partial charge is 0.407 e. The first-order chi connectivity index (χ1) is 22.2. The first kappa shape index (κ1) is 32.9. The minimum Gasteiger partial charge on any atom is -0.465 e.